The van der Waals surface area contributed by atoms with Crippen molar-refractivity contribution in [3.63, 3.8) is 0 Å². The van der Waals surface area contributed by atoms with Gasteiger partial charge < -0.3 is 29.6 Å². The molecule has 1 heterocycles. The first-order chi connectivity index (χ1) is 8.32. The minimum atomic E-state index is -1.33. The smallest absolute Gasteiger partial charge is 0.186 e. The average molecular weight is 262 g/mol. The van der Waals surface area contributed by atoms with Crippen molar-refractivity contribution in [3.05, 3.63) is 0 Å². The molecule has 0 radical (unpaired) electrons. The second kappa shape index (κ2) is 6.58. The number of ether oxygens (including phenoxy) is 2. The zero-order valence-electron chi connectivity index (χ0n) is 10.9. The molecule has 1 fully saturated rings. The Bertz CT molecular complexity index is 280. The van der Waals surface area contributed by atoms with E-state index in [-0.39, 0.29) is 24.7 Å². The highest BCUT2D eigenvalue weighted by Crippen LogP contribution is 2.25. The van der Waals surface area contributed by atoms with Crippen LogP contribution in [0.2, 0.25) is 0 Å². The largest absolute Gasteiger partial charge is 0.388 e. The molecule has 0 aromatic carbocycles. The summed E-state index contributed by atoms with van der Waals surface area (Å²) in [5.41, 5.74) is 0. The summed E-state index contributed by atoms with van der Waals surface area (Å²) in [5, 5.41) is 29.2. The van der Waals surface area contributed by atoms with Crippen molar-refractivity contribution >= 4 is 5.78 Å². The van der Waals surface area contributed by atoms with E-state index < -0.39 is 30.7 Å². The van der Waals surface area contributed by atoms with Crippen LogP contribution in [-0.4, -0.2) is 57.9 Å². The number of Topliss-reactive ketones (excluding diaryl/α,β-unsaturated/α-hetero) is 1. The number of hydrogen-bond donors (Lipinski definition) is 3. The number of carbonyl (C=O) groups excluding carboxylic acids is 1. The first kappa shape index (κ1) is 15.5. The van der Waals surface area contributed by atoms with Gasteiger partial charge in [-0.2, -0.15) is 0 Å². The minimum Gasteiger partial charge on any atom is -0.388 e. The zero-order valence-corrected chi connectivity index (χ0v) is 10.9. The second-order valence-electron chi connectivity index (χ2n) is 4.94. The van der Waals surface area contributed by atoms with Crippen molar-refractivity contribution in [2.24, 2.45) is 0 Å². The number of aliphatic hydroxyl groups excluding tert-OH is 3. The van der Waals surface area contributed by atoms with Crippen molar-refractivity contribution in [1.82, 2.24) is 0 Å². The van der Waals surface area contributed by atoms with Gasteiger partial charge in [-0.1, -0.05) is 0 Å². The van der Waals surface area contributed by atoms with Gasteiger partial charge in [0.15, 0.2) is 6.29 Å². The first-order valence-corrected chi connectivity index (χ1v) is 6.17. The molecule has 1 saturated heterocycles. The van der Waals surface area contributed by atoms with Crippen molar-refractivity contribution in [2.75, 3.05) is 0 Å². The number of rotatable bonds is 5. The molecule has 1 aliphatic heterocycles. The lowest BCUT2D eigenvalue weighted by atomic mass is 9.95. The predicted molar refractivity (Wildman–Crippen MR) is 62.8 cm³/mol. The lowest BCUT2D eigenvalue weighted by molar-refractivity contribution is -0.305. The molecular formula is C12H22O6. The van der Waals surface area contributed by atoms with Gasteiger partial charge >= 0.3 is 0 Å². The summed E-state index contributed by atoms with van der Waals surface area (Å²) in [6.45, 7) is 5.00. The third-order valence-electron chi connectivity index (χ3n) is 2.86. The fraction of sp³-hybridized carbons (Fsp3) is 0.917. The predicted octanol–water partition coefficient (Wildman–Crippen LogP) is -0.412. The normalized spacial score (nSPS) is 36.9. The van der Waals surface area contributed by atoms with E-state index in [1.54, 1.807) is 13.8 Å². The molecule has 1 rings (SSSR count). The standard InChI is InChI=1S/C12H22O6/c1-6(2)17-12-11(16)10(15)9(14)8(18-12)5-4-7(3)13/h6,8-12,14-16H,4-5H2,1-3H3/t8?,9-,10?,11?,12+/m1/s1. The molecule has 0 aliphatic carbocycles. The van der Waals surface area contributed by atoms with Crippen LogP contribution in [0, 0.1) is 0 Å². The Kier molecular flexibility index (Phi) is 5.68. The Balaban J connectivity index is 2.64. The van der Waals surface area contributed by atoms with Gasteiger partial charge in [-0.25, -0.2) is 0 Å². The van der Waals surface area contributed by atoms with Gasteiger partial charge in [-0.3, -0.25) is 0 Å². The number of aliphatic hydroxyl groups is 3. The Labute approximate surface area is 107 Å². The molecule has 6 heteroatoms. The molecule has 18 heavy (non-hydrogen) atoms. The van der Waals surface area contributed by atoms with Crippen LogP contribution in [0.25, 0.3) is 0 Å². The van der Waals surface area contributed by atoms with Crippen molar-refractivity contribution in [1.29, 1.82) is 0 Å². The van der Waals surface area contributed by atoms with Crippen molar-refractivity contribution < 1.29 is 29.6 Å². The summed E-state index contributed by atoms with van der Waals surface area (Å²) in [4.78, 5) is 10.9. The summed E-state index contributed by atoms with van der Waals surface area (Å²) in [5.74, 6) is -0.0206. The van der Waals surface area contributed by atoms with Crippen LogP contribution in [0.3, 0.4) is 0 Å². The molecule has 5 atom stereocenters. The second-order valence-corrected chi connectivity index (χ2v) is 4.94. The summed E-state index contributed by atoms with van der Waals surface area (Å²) in [6.07, 6.45) is -5.18. The Morgan fingerprint density at radius 3 is 2.33 bits per heavy atom. The van der Waals surface area contributed by atoms with Crippen molar-refractivity contribution in [3.8, 4) is 0 Å². The van der Waals surface area contributed by atoms with E-state index in [4.69, 9.17) is 9.47 Å². The molecular weight excluding hydrogens is 240 g/mol. The van der Waals surface area contributed by atoms with Crippen molar-refractivity contribution in [2.45, 2.75) is 70.4 Å². The lowest BCUT2D eigenvalue weighted by Crippen LogP contribution is -2.58. The fourth-order valence-corrected chi connectivity index (χ4v) is 1.88. The van der Waals surface area contributed by atoms with Crippen LogP contribution in [0.1, 0.15) is 33.6 Å². The Morgan fingerprint density at radius 2 is 1.83 bits per heavy atom. The van der Waals surface area contributed by atoms with Gasteiger partial charge in [-0.15, -0.1) is 0 Å². The fourth-order valence-electron chi connectivity index (χ4n) is 1.88. The third kappa shape index (κ3) is 4.00. The van der Waals surface area contributed by atoms with E-state index in [0.717, 1.165) is 0 Å². The van der Waals surface area contributed by atoms with Gasteiger partial charge in [0.05, 0.1) is 12.2 Å². The monoisotopic (exact) mass is 262 g/mol. The van der Waals surface area contributed by atoms with E-state index in [9.17, 15) is 20.1 Å². The molecule has 1 aliphatic rings. The molecule has 6 nitrogen and oxygen atoms in total. The maximum absolute atomic E-state index is 10.9. The molecule has 3 unspecified atom stereocenters. The van der Waals surface area contributed by atoms with E-state index in [2.05, 4.69) is 0 Å². The molecule has 0 bridgehead atoms. The quantitative estimate of drug-likeness (QED) is 0.623. The van der Waals surface area contributed by atoms with E-state index in [1.165, 1.54) is 6.92 Å². The maximum atomic E-state index is 10.9. The number of hydrogen-bond acceptors (Lipinski definition) is 6. The molecule has 106 valence electrons. The highest BCUT2D eigenvalue weighted by atomic mass is 16.7. The Morgan fingerprint density at radius 1 is 1.22 bits per heavy atom. The summed E-state index contributed by atoms with van der Waals surface area (Å²) in [6, 6.07) is 0. The molecule has 0 amide bonds. The number of ketones is 1. The van der Waals surface area contributed by atoms with Crippen LogP contribution in [-0.2, 0) is 14.3 Å². The molecule has 0 saturated carbocycles. The van der Waals surface area contributed by atoms with E-state index in [1.807, 2.05) is 0 Å². The van der Waals surface area contributed by atoms with E-state index >= 15 is 0 Å². The first-order valence-electron chi connectivity index (χ1n) is 6.17. The molecule has 0 spiro atoms. The van der Waals surface area contributed by atoms with Gasteiger partial charge in [0.2, 0.25) is 0 Å². The highest BCUT2D eigenvalue weighted by molar-refractivity contribution is 5.75. The summed E-state index contributed by atoms with van der Waals surface area (Å²) < 4.78 is 10.7. The summed E-state index contributed by atoms with van der Waals surface area (Å²) >= 11 is 0. The topological polar surface area (TPSA) is 96.2 Å². The zero-order chi connectivity index (χ0) is 13.9. The summed E-state index contributed by atoms with van der Waals surface area (Å²) in [7, 11) is 0. The maximum Gasteiger partial charge on any atom is 0.186 e. The SMILES string of the molecule is CC(=O)CCC1O[C@H](OC(C)C)C(O)C(O)[C@@H]1O. The highest BCUT2D eigenvalue weighted by Gasteiger charge is 2.44. The number of carbonyl (C=O) groups is 1. The van der Waals surface area contributed by atoms with Crippen LogP contribution in [0.5, 0.6) is 0 Å². The minimum absolute atomic E-state index is 0.0206. The molecule has 3 N–H and O–H groups in total. The van der Waals surface area contributed by atoms with Crippen LogP contribution in [0.4, 0.5) is 0 Å². The third-order valence-corrected chi connectivity index (χ3v) is 2.86. The Hall–Kier alpha value is -0.530. The molecule has 0 aromatic heterocycles. The van der Waals surface area contributed by atoms with Gasteiger partial charge in [-0.05, 0) is 27.2 Å². The van der Waals surface area contributed by atoms with E-state index in [0.29, 0.717) is 0 Å². The lowest BCUT2D eigenvalue weighted by Gasteiger charge is -2.40. The van der Waals surface area contributed by atoms with Crippen LogP contribution >= 0.6 is 0 Å². The average Bonchev–Trinajstić information content (AvgIpc) is 2.27. The van der Waals surface area contributed by atoms with Crippen LogP contribution < -0.4 is 0 Å². The van der Waals surface area contributed by atoms with Gasteiger partial charge in [0.1, 0.15) is 24.1 Å². The molecule has 0 aromatic rings. The van der Waals surface area contributed by atoms with Gasteiger partial charge in [0, 0.05) is 6.42 Å². The van der Waals surface area contributed by atoms with Crippen LogP contribution in [0.15, 0.2) is 0 Å². The van der Waals surface area contributed by atoms with Gasteiger partial charge in [0.25, 0.3) is 0 Å².